The summed E-state index contributed by atoms with van der Waals surface area (Å²) in [7, 11) is 0. The SMILES string of the molecule is C[C@H](CO)NC(=O)[C@@H]1N[C@@H]([C@H](NC(=O)Cc2ccccc2)C(=O)NCc2ccccc2)SC1(C)C. The second-order valence-corrected chi connectivity index (χ2v) is 11.0. The number of aliphatic hydroxyl groups is 1. The van der Waals surface area contributed by atoms with Crippen molar-refractivity contribution in [3.8, 4) is 0 Å². The molecule has 35 heavy (non-hydrogen) atoms. The Bertz CT molecular complexity index is 1000. The van der Waals surface area contributed by atoms with E-state index in [-0.39, 0.29) is 36.8 Å². The van der Waals surface area contributed by atoms with Crippen molar-refractivity contribution >= 4 is 29.5 Å². The zero-order chi connectivity index (χ0) is 25.4. The van der Waals surface area contributed by atoms with Crippen molar-refractivity contribution in [2.45, 2.75) is 62.0 Å². The molecule has 1 fully saturated rings. The summed E-state index contributed by atoms with van der Waals surface area (Å²) in [4.78, 5) is 39.0. The van der Waals surface area contributed by atoms with Crippen LogP contribution in [0.1, 0.15) is 31.9 Å². The summed E-state index contributed by atoms with van der Waals surface area (Å²) < 4.78 is -0.550. The van der Waals surface area contributed by atoms with Gasteiger partial charge in [0.05, 0.1) is 18.4 Å². The highest BCUT2D eigenvalue weighted by atomic mass is 32.2. The van der Waals surface area contributed by atoms with Crippen LogP contribution in [0.2, 0.25) is 0 Å². The van der Waals surface area contributed by atoms with Crippen LogP contribution in [-0.4, -0.2) is 57.7 Å². The van der Waals surface area contributed by atoms with E-state index in [1.165, 1.54) is 11.8 Å². The fourth-order valence-electron chi connectivity index (χ4n) is 3.90. The second-order valence-electron chi connectivity index (χ2n) is 9.24. The first-order valence-corrected chi connectivity index (χ1v) is 12.6. The summed E-state index contributed by atoms with van der Waals surface area (Å²) in [5, 5.41) is 20.6. The molecule has 5 N–H and O–H groups in total. The zero-order valence-electron chi connectivity index (χ0n) is 20.3. The highest BCUT2D eigenvalue weighted by Gasteiger charge is 2.49. The smallest absolute Gasteiger partial charge is 0.245 e. The first kappa shape index (κ1) is 26.7. The Labute approximate surface area is 210 Å². The molecule has 1 heterocycles. The lowest BCUT2D eigenvalue weighted by atomic mass is 10.0. The fraction of sp³-hybridized carbons (Fsp3) is 0.423. The number of nitrogens with one attached hydrogen (secondary N) is 4. The Morgan fingerprint density at radius 2 is 1.60 bits per heavy atom. The van der Waals surface area contributed by atoms with Gasteiger partial charge in [0.15, 0.2) is 0 Å². The number of hydrogen-bond donors (Lipinski definition) is 5. The van der Waals surface area contributed by atoms with Crippen molar-refractivity contribution in [2.75, 3.05) is 6.61 Å². The van der Waals surface area contributed by atoms with Crippen LogP contribution < -0.4 is 21.3 Å². The molecule has 3 amide bonds. The molecule has 0 unspecified atom stereocenters. The summed E-state index contributed by atoms with van der Waals surface area (Å²) in [5.41, 5.74) is 1.79. The molecule has 0 spiro atoms. The number of carbonyl (C=O) groups is 3. The standard InChI is InChI=1S/C26H34N4O4S/c1-17(16-31)28-24(34)22-26(2,3)35-25(30-22)21(23(33)27-15-19-12-8-5-9-13-19)29-20(32)14-18-10-6-4-7-11-18/h4-13,17,21-22,25,30-31H,14-16H2,1-3H3,(H,27,33)(H,28,34)(H,29,32)/t17-,21-,22+,25-/m1/s1. The quantitative estimate of drug-likeness (QED) is 0.337. The molecule has 3 rings (SSSR count). The van der Waals surface area contributed by atoms with Gasteiger partial charge >= 0.3 is 0 Å². The lowest BCUT2D eigenvalue weighted by Gasteiger charge is -2.25. The summed E-state index contributed by atoms with van der Waals surface area (Å²) >= 11 is 1.44. The van der Waals surface area contributed by atoms with Gasteiger partial charge in [-0.1, -0.05) is 60.7 Å². The van der Waals surface area contributed by atoms with Gasteiger partial charge in [-0.2, -0.15) is 0 Å². The minimum absolute atomic E-state index is 0.141. The van der Waals surface area contributed by atoms with Crippen LogP contribution in [0, 0.1) is 0 Å². The Morgan fingerprint density at radius 1 is 1.00 bits per heavy atom. The number of rotatable bonds is 10. The summed E-state index contributed by atoms with van der Waals surface area (Å²) in [6, 6.07) is 17.0. The van der Waals surface area contributed by atoms with Crippen LogP contribution in [0.15, 0.2) is 60.7 Å². The van der Waals surface area contributed by atoms with Gasteiger partial charge in [0, 0.05) is 17.3 Å². The molecule has 2 aromatic rings. The maximum atomic E-state index is 13.3. The molecule has 1 aliphatic rings. The maximum Gasteiger partial charge on any atom is 0.245 e. The van der Waals surface area contributed by atoms with E-state index in [0.29, 0.717) is 6.54 Å². The molecule has 1 saturated heterocycles. The average molecular weight is 499 g/mol. The fourth-order valence-corrected chi connectivity index (χ4v) is 5.40. The third-order valence-electron chi connectivity index (χ3n) is 5.80. The molecular weight excluding hydrogens is 464 g/mol. The average Bonchev–Trinajstić information content (AvgIpc) is 3.17. The molecule has 8 nitrogen and oxygen atoms in total. The monoisotopic (exact) mass is 498 g/mol. The minimum atomic E-state index is -0.896. The number of benzene rings is 2. The lowest BCUT2D eigenvalue weighted by Crippen LogP contribution is -2.58. The number of carbonyl (C=O) groups excluding carboxylic acids is 3. The van der Waals surface area contributed by atoms with Gasteiger partial charge < -0.3 is 21.1 Å². The predicted octanol–water partition coefficient (Wildman–Crippen LogP) is 1.34. The summed E-state index contributed by atoms with van der Waals surface area (Å²) in [6.07, 6.45) is 0.141. The third-order valence-corrected chi connectivity index (χ3v) is 7.31. The first-order chi connectivity index (χ1) is 16.7. The van der Waals surface area contributed by atoms with Gasteiger partial charge in [-0.25, -0.2) is 0 Å². The Hall–Kier alpha value is -2.88. The number of thioether (sulfide) groups is 1. The van der Waals surface area contributed by atoms with Crippen LogP contribution in [0.3, 0.4) is 0 Å². The topological polar surface area (TPSA) is 120 Å². The molecule has 4 atom stereocenters. The summed E-state index contributed by atoms with van der Waals surface area (Å²) in [6.45, 7) is 5.71. The molecule has 0 saturated carbocycles. The van der Waals surface area contributed by atoms with Crippen molar-refractivity contribution in [3.63, 3.8) is 0 Å². The molecular formula is C26H34N4O4S. The van der Waals surface area contributed by atoms with Gasteiger partial charge in [0.1, 0.15) is 12.1 Å². The zero-order valence-corrected chi connectivity index (χ0v) is 21.1. The van der Waals surface area contributed by atoms with E-state index in [2.05, 4.69) is 21.3 Å². The van der Waals surface area contributed by atoms with E-state index in [1.54, 1.807) is 6.92 Å². The minimum Gasteiger partial charge on any atom is -0.394 e. The van der Waals surface area contributed by atoms with Crippen molar-refractivity contribution in [2.24, 2.45) is 0 Å². The van der Waals surface area contributed by atoms with Crippen molar-refractivity contribution in [1.29, 1.82) is 0 Å². The van der Waals surface area contributed by atoms with E-state index in [0.717, 1.165) is 11.1 Å². The van der Waals surface area contributed by atoms with Crippen LogP contribution in [0.4, 0.5) is 0 Å². The van der Waals surface area contributed by atoms with Crippen LogP contribution in [0.25, 0.3) is 0 Å². The molecule has 0 aliphatic carbocycles. The van der Waals surface area contributed by atoms with Gasteiger partial charge in [-0.3, -0.25) is 19.7 Å². The number of amides is 3. The van der Waals surface area contributed by atoms with Crippen LogP contribution in [0.5, 0.6) is 0 Å². The second kappa shape index (κ2) is 12.2. The van der Waals surface area contributed by atoms with E-state index in [1.807, 2.05) is 74.5 Å². The third kappa shape index (κ3) is 7.55. The predicted molar refractivity (Wildman–Crippen MR) is 137 cm³/mol. The number of aliphatic hydroxyl groups excluding tert-OH is 1. The van der Waals surface area contributed by atoms with E-state index in [4.69, 9.17) is 0 Å². The molecule has 1 aliphatic heterocycles. The van der Waals surface area contributed by atoms with Crippen LogP contribution in [-0.2, 0) is 27.3 Å². The molecule has 2 aromatic carbocycles. The molecule has 0 radical (unpaired) electrons. The first-order valence-electron chi connectivity index (χ1n) is 11.7. The van der Waals surface area contributed by atoms with Crippen molar-refractivity contribution in [3.05, 3.63) is 71.8 Å². The largest absolute Gasteiger partial charge is 0.394 e. The normalized spacial score (nSPS) is 20.5. The Morgan fingerprint density at radius 3 is 2.20 bits per heavy atom. The van der Waals surface area contributed by atoms with E-state index in [9.17, 15) is 19.5 Å². The molecule has 188 valence electrons. The Kier molecular flexibility index (Phi) is 9.31. The molecule has 9 heteroatoms. The van der Waals surface area contributed by atoms with E-state index >= 15 is 0 Å². The molecule has 0 bridgehead atoms. The van der Waals surface area contributed by atoms with Crippen molar-refractivity contribution in [1.82, 2.24) is 21.3 Å². The highest BCUT2D eigenvalue weighted by molar-refractivity contribution is 8.01. The van der Waals surface area contributed by atoms with E-state index < -0.39 is 22.2 Å². The van der Waals surface area contributed by atoms with Gasteiger partial charge in [0.2, 0.25) is 17.7 Å². The molecule has 0 aromatic heterocycles. The Balaban J connectivity index is 1.75. The summed E-state index contributed by atoms with van der Waals surface area (Å²) in [5.74, 6) is -0.871. The lowest BCUT2D eigenvalue weighted by molar-refractivity contribution is -0.129. The van der Waals surface area contributed by atoms with Gasteiger partial charge in [-0.15, -0.1) is 11.8 Å². The van der Waals surface area contributed by atoms with Gasteiger partial charge in [0.25, 0.3) is 0 Å². The van der Waals surface area contributed by atoms with Crippen LogP contribution >= 0.6 is 11.8 Å². The maximum absolute atomic E-state index is 13.3. The highest BCUT2D eigenvalue weighted by Crippen LogP contribution is 2.39. The van der Waals surface area contributed by atoms with Gasteiger partial charge in [-0.05, 0) is 31.9 Å². The van der Waals surface area contributed by atoms with Crippen molar-refractivity contribution < 1.29 is 19.5 Å². The number of hydrogen-bond acceptors (Lipinski definition) is 6.